The summed E-state index contributed by atoms with van der Waals surface area (Å²) in [6, 6.07) is 39.4. The van der Waals surface area contributed by atoms with E-state index in [9.17, 15) is 9.90 Å². The van der Waals surface area contributed by atoms with Crippen molar-refractivity contribution in [1.29, 1.82) is 0 Å². The first-order valence-electron chi connectivity index (χ1n) is 17.1. The molecule has 3 aliphatic heterocycles. The van der Waals surface area contributed by atoms with Crippen LogP contribution in [0.5, 0.6) is 0 Å². The van der Waals surface area contributed by atoms with Gasteiger partial charge in [0.15, 0.2) is 0 Å². The monoisotopic (exact) mass is 678 g/mol. The Kier molecular flexibility index (Phi) is 11.6. The van der Waals surface area contributed by atoms with Gasteiger partial charge in [-0.1, -0.05) is 121 Å². The van der Waals surface area contributed by atoms with Crippen molar-refractivity contribution in [1.82, 2.24) is 0 Å². The Balaban J connectivity index is 1.23. The summed E-state index contributed by atoms with van der Waals surface area (Å²) in [5.41, 5.74) is 4.07. The van der Waals surface area contributed by atoms with Crippen molar-refractivity contribution in [3.63, 3.8) is 0 Å². The van der Waals surface area contributed by atoms with Gasteiger partial charge < -0.3 is 38.3 Å². The Labute approximate surface area is 292 Å². The third-order valence-electron chi connectivity index (χ3n) is 9.12. The second-order valence-corrected chi connectivity index (χ2v) is 12.7. The minimum Gasteiger partial charge on any atom is -0.385 e. The van der Waals surface area contributed by atoms with Crippen LogP contribution in [-0.2, 0) is 64.4 Å². The first kappa shape index (κ1) is 34.4. The summed E-state index contributed by atoms with van der Waals surface area (Å²) < 4.78 is 44.3. The second-order valence-electron chi connectivity index (χ2n) is 12.7. The molecular weight excluding hydrogens is 636 g/mol. The maximum absolute atomic E-state index is 13.4. The summed E-state index contributed by atoms with van der Waals surface area (Å²) in [5.74, 6) is -0.433. The lowest BCUT2D eigenvalue weighted by molar-refractivity contribution is -0.284. The van der Waals surface area contributed by atoms with Gasteiger partial charge in [0.1, 0.15) is 42.7 Å². The molecule has 0 aromatic heterocycles. The van der Waals surface area contributed by atoms with Gasteiger partial charge in [-0.05, 0) is 28.3 Å². The fraction of sp³-hybridized carbons (Fsp3) is 0.341. The quantitative estimate of drug-likeness (QED) is 0.179. The fourth-order valence-corrected chi connectivity index (χ4v) is 6.56. The van der Waals surface area contributed by atoms with Gasteiger partial charge in [0.25, 0.3) is 0 Å². The van der Waals surface area contributed by atoms with Crippen molar-refractivity contribution in [2.45, 2.75) is 75.4 Å². The highest BCUT2D eigenvalue weighted by Gasteiger charge is 2.53. The van der Waals surface area contributed by atoms with Crippen molar-refractivity contribution < 1.29 is 43.1 Å². The van der Waals surface area contributed by atoms with E-state index in [1.54, 1.807) is 6.08 Å². The summed E-state index contributed by atoms with van der Waals surface area (Å²) in [7, 11) is 0. The molecule has 7 rings (SSSR count). The molecule has 0 unspecified atom stereocenters. The Hall–Kier alpha value is -4.03. The molecule has 2 fully saturated rings. The van der Waals surface area contributed by atoms with Crippen LogP contribution in [0.3, 0.4) is 0 Å². The van der Waals surface area contributed by atoms with Crippen LogP contribution in [0.1, 0.15) is 22.3 Å². The van der Waals surface area contributed by atoms with Crippen LogP contribution in [0.15, 0.2) is 133 Å². The number of Topliss-reactive ketones (excluding diaryl/α,β-unsaturated/α-hetero) is 1. The van der Waals surface area contributed by atoms with E-state index in [4.69, 9.17) is 33.2 Å². The third kappa shape index (κ3) is 8.46. The zero-order chi connectivity index (χ0) is 34.1. The summed E-state index contributed by atoms with van der Waals surface area (Å²) in [6.45, 7) is 1.49. The van der Waals surface area contributed by atoms with E-state index in [-0.39, 0.29) is 38.6 Å². The average Bonchev–Trinajstić information content (AvgIpc) is 3.58. The van der Waals surface area contributed by atoms with Crippen molar-refractivity contribution in [2.75, 3.05) is 13.2 Å². The average molecular weight is 679 g/mol. The van der Waals surface area contributed by atoms with Crippen LogP contribution in [0.4, 0.5) is 0 Å². The zero-order valence-corrected chi connectivity index (χ0v) is 27.7. The minimum atomic E-state index is -1.37. The summed E-state index contributed by atoms with van der Waals surface area (Å²) in [5, 5.41) is 12.1. The molecule has 3 heterocycles. The van der Waals surface area contributed by atoms with Crippen molar-refractivity contribution >= 4 is 5.78 Å². The number of rotatable bonds is 15. The molecule has 3 aliphatic rings. The highest BCUT2D eigenvalue weighted by atomic mass is 16.7. The predicted molar refractivity (Wildman–Crippen MR) is 184 cm³/mol. The van der Waals surface area contributed by atoms with Gasteiger partial charge in [-0.25, -0.2) is 0 Å². The maximum atomic E-state index is 13.4. The van der Waals surface area contributed by atoms with Gasteiger partial charge in [-0.15, -0.1) is 0 Å². The number of fused-ring (bicyclic) bond motifs is 2. The number of ether oxygens (including phenoxy) is 7. The predicted octanol–water partition coefficient (Wildman–Crippen LogP) is 5.34. The van der Waals surface area contributed by atoms with Crippen molar-refractivity contribution in [3.05, 3.63) is 155 Å². The number of carbonyl (C=O) groups is 1. The van der Waals surface area contributed by atoms with Crippen LogP contribution in [-0.4, -0.2) is 73.1 Å². The van der Waals surface area contributed by atoms with Gasteiger partial charge in [-0.3, -0.25) is 4.79 Å². The molecule has 0 aliphatic carbocycles. The maximum Gasteiger partial charge on any atom is 0.223 e. The molecule has 2 saturated heterocycles. The Morgan fingerprint density at radius 1 is 0.620 bits per heavy atom. The molecule has 9 heteroatoms. The molecule has 4 aromatic carbocycles. The molecule has 0 radical (unpaired) electrons. The lowest BCUT2D eigenvalue weighted by atomic mass is 9.87. The van der Waals surface area contributed by atoms with E-state index < -0.39 is 54.8 Å². The van der Waals surface area contributed by atoms with Gasteiger partial charge in [0, 0.05) is 5.57 Å². The first-order chi connectivity index (χ1) is 24.6. The van der Waals surface area contributed by atoms with Gasteiger partial charge in [-0.2, -0.15) is 0 Å². The normalized spacial score (nSPS) is 26.8. The largest absolute Gasteiger partial charge is 0.385 e. The topological polar surface area (TPSA) is 102 Å². The molecule has 0 spiro atoms. The van der Waals surface area contributed by atoms with Gasteiger partial charge >= 0.3 is 0 Å². The van der Waals surface area contributed by atoms with E-state index in [1.165, 1.54) is 0 Å². The molecule has 0 amide bonds. The Bertz CT molecular complexity index is 1670. The van der Waals surface area contributed by atoms with Crippen molar-refractivity contribution in [3.8, 4) is 0 Å². The van der Waals surface area contributed by atoms with E-state index in [2.05, 4.69) is 0 Å². The van der Waals surface area contributed by atoms with Crippen LogP contribution >= 0.6 is 0 Å². The number of ketones is 1. The third-order valence-corrected chi connectivity index (χ3v) is 9.12. The number of hydrogen-bond acceptors (Lipinski definition) is 9. The summed E-state index contributed by atoms with van der Waals surface area (Å²) >= 11 is 0. The Morgan fingerprint density at radius 3 is 1.64 bits per heavy atom. The van der Waals surface area contributed by atoms with E-state index >= 15 is 0 Å². The molecule has 4 aromatic rings. The lowest BCUT2D eigenvalue weighted by Gasteiger charge is -2.47. The molecular formula is C41H42O9. The number of benzene rings is 4. The number of carbonyl (C=O) groups excluding carboxylic acids is 1. The van der Waals surface area contributed by atoms with E-state index in [0.717, 1.165) is 22.3 Å². The molecule has 50 heavy (non-hydrogen) atoms. The molecule has 2 bridgehead atoms. The first-order valence-corrected chi connectivity index (χ1v) is 17.1. The van der Waals surface area contributed by atoms with E-state index in [1.807, 2.05) is 121 Å². The van der Waals surface area contributed by atoms with Crippen LogP contribution < -0.4 is 0 Å². The Morgan fingerprint density at radius 2 is 1.10 bits per heavy atom. The summed E-state index contributed by atoms with van der Waals surface area (Å²) in [6.07, 6.45) is -5.19. The standard InChI is InChI=1S/C41H42O9/c42-35(33-21-32-26-48-41(49-32)36(33)43)38-40(47-25-31-19-11-4-12-20-31)39(46-24-30-17-9-3-10-18-30)37(45-23-29-15-7-2-8-16-29)34(50-38)27-44-22-28-13-5-1-6-14-28/h1-21,32,34-35,37-42H,22-27H2/t32-,34-,35-,37-,38+,39+,40+,41-/m1/s1. The minimum absolute atomic E-state index is 0.138. The van der Waals surface area contributed by atoms with Gasteiger partial charge in [0.05, 0.1) is 39.6 Å². The SMILES string of the molecule is O=C1C([C@@H](O)[C@@H]2O[C@H](COCc3ccccc3)[C@@H](OCc3ccccc3)[C@H](OCc3ccccc3)[C@H]2OCc2ccccc2)=C[C@@H]2CO[C@@H]1O2. The van der Waals surface area contributed by atoms with Crippen LogP contribution in [0, 0.1) is 0 Å². The molecule has 9 nitrogen and oxygen atoms in total. The molecule has 0 saturated carbocycles. The zero-order valence-electron chi connectivity index (χ0n) is 27.7. The number of aliphatic hydroxyl groups is 1. The molecule has 8 atom stereocenters. The second kappa shape index (κ2) is 16.8. The summed E-state index contributed by atoms with van der Waals surface area (Å²) in [4.78, 5) is 13.4. The van der Waals surface area contributed by atoms with Crippen molar-refractivity contribution in [2.24, 2.45) is 0 Å². The van der Waals surface area contributed by atoms with Gasteiger partial charge in [0.2, 0.25) is 12.1 Å². The van der Waals surface area contributed by atoms with Crippen LogP contribution in [0.25, 0.3) is 0 Å². The fourth-order valence-electron chi connectivity index (χ4n) is 6.56. The molecule has 260 valence electrons. The number of hydrogen-bond donors (Lipinski definition) is 1. The van der Waals surface area contributed by atoms with Crippen LogP contribution in [0.2, 0.25) is 0 Å². The lowest BCUT2D eigenvalue weighted by Crippen LogP contribution is -2.64. The highest BCUT2D eigenvalue weighted by Crippen LogP contribution is 2.36. The highest BCUT2D eigenvalue weighted by molar-refractivity contribution is 6.00. The van der Waals surface area contributed by atoms with E-state index in [0.29, 0.717) is 6.61 Å². The number of aliphatic hydroxyl groups excluding tert-OH is 1. The molecule has 1 N–H and O–H groups in total. The smallest absolute Gasteiger partial charge is 0.223 e.